The Labute approximate surface area is 179 Å². The molecule has 0 aromatic heterocycles. The second kappa shape index (κ2) is 7.95. The van der Waals surface area contributed by atoms with Crippen LogP contribution in [0.15, 0.2) is 59.7 Å². The summed E-state index contributed by atoms with van der Waals surface area (Å²) in [5, 5.41) is 2.35. The zero-order chi connectivity index (χ0) is 20.6. The van der Waals surface area contributed by atoms with Crippen molar-refractivity contribution >= 4 is 10.8 Å². The van der Waals surface area contributed by atoms with Gasteiger partial charge in [-0.15, -0.1) is 0 Å². The lowest BCUT2D eigenvalue weighted by Gasteiger charge is -2.45. The molecule has 3 heteroatoms. The van der Waals surface area contributed by atoms with Crippen molar-refractivity contribution in [3.63, 3.8) is 0 Å². The van der Waals surface area contributed by atoms with E-state index in [9.17, 15) is 0 Å². The van der Waals surface area contributed by atoms with E-state index in [1.165, 1.54) is 35.6 Å². The smallest absolute Gasteiger partial charge is 0.119 e. The first-order chi connectivity index (χ1) is 14.7. The zero-order valence-electron chi connectivity index (χ0n) is 17.9. The standard InChI is InChI=1S/C27H29NO2/c1-3-27-25(14-17-30-27)21(13-16-28-15-5-4-6-26(27)28)9-7-20-8-10-23-19-24(29-2)12-11-22(23)18-20/h8,10-14,18-19,26H,3-6,15-17H2,1-2H3/t26-,27+/m1/s1. The minimum absolute atomic E-state index is 0.197. The minimum Gasteiger partial charge on any atom is -0.497 e. The lowest BCUT2D eigenvalue weighted by atomic mass is 9.78. The SMILES string of the molecule is CC[C@]12OCC=C1C(C#Cc1ccc3cc(OC)ccc3c1)=CCN1CCCC[C@@H]12. The van der Waals surface area contributed by atoms with Crippen LogP contribution in [-0.4, -0.2) is 43.3 Å². The van der Waals surface area contributed by atoms with Gasteiger partial charge in [-0.05, 0) is 66.4 Å². The molecule has 2 atom stereocenters. The van der Waals surface area contributed by atoms with E-state index in [2.05, 4.69) is 66.1 Å². The van der Waals surface area contributed by atoms with Gasteiger partial charge in [0.05, 0.1) is 13.7 Å². The average molecular weight is 400 g/mol. The number of rotatable bonds is 2. The van der Waals surface area contributed by atoms with E-state index in [0.717, 1.165) is 36.4 Å². The highest BCUT2D eigenvalue weighted by Gasteiger charge is 2.49. The Kier molecular flexibility index (Phi) is 5.15. The van der Waals surface area contributed by atoms with Crippen LogP contribution in [0.3, 0.4) is 0 Å². The van der Waals surface area contributed by atoms with E-state index < -0.39 is 0 Å². The van der Waals surface area contributed by atoms with E-state index >= 15 is 0 Å². The molecular formula is C27H29NO2. The molecule has 0 N–H and O–H groups in total. The van der Waals surface area contributed by atoms with Gasteiger partial charge in [-0.2, -0.15) is 0 Å². The van der Waals surface area contributed by atoms with Gasteiger partial charge in [-0.25, -0.2) is 0 Å². The van der Waals surface area contributed by atoms with Gasteiger partial charge in [0, 0.05) is 23.7 Å². The monoisotopic (exact) mass is 399 g/mol. The fourth-order valence-electron chi connectivity index (χ4n) is 5.41. The summed E-state index contributed by atoms with van der Waals surface area (Å²) in [6, 6.07) is 13.0. The van der Waals surface area contributed by atoms with Crippen LogP contribution in [-0.2, 0) is 4.74 Å². The van der Waals surface area contributed by atoms with Gasteiger partial charge >= 0.3 is 0 Å². The van der Waals surface area contributed by atoms with Crippen LogP contribution in [0.5, 0.6) is 5.75 Å². The quantitative estimate of drug-likeness (QED) is 0.656. The highest BCUT2D eigenvalue weighted by Crippen LogP contribution is 2.44. The molecule has 30 heavy (non-hydrogen) atoms. The molecule has 1 fully saturated rings. The van der Waals surface area contributed by atoms with Crippen LogP contribution in [0.25, 0.3) is 10.8 Å². The van der Waals surface area contributed by atoms with E-state index in [4.69, 9.17) is 9.47 Å². The molecule has 2 aromatic rings. The van der Waals surface area contributed by atoms with Crippen molar-refractivity contribution in [2.45, 2.75) is 44.2 Å². The maximum absolute atomic E-state index is 6.45. The largest absolute Gasteiger partial charge is 0.497 e. The number of nitrogens with zero attached hydrogens (tertiary/aromatic N) is 1. The number of methoxy groups -OCH3 is 1. The summed E-state index contributed by atoms with van der Waals surface area (Å²) in [4.78, 5) is 2.62. The minimum atomic E-state index is -0.197. The summed E-state index contributed by atoms with van der Waals surface area (Å²) < 4.78 is 11.8. The third kappa shape index (κ3) is 3.25. The van der Waals surface area contributed by atoms with Gasteiger partial charge in [-0.3, -0.25) is 4.90 Å². The van der Waals surface area contributed by atoms with E-state index in [0.29, 0.717) is 12.6 Å². The average Bonchev–Trinajstić information content (AvgIpc) is 3.18. The number of ether oxygens (including phenoxy) is 2. The van der Waals surface area contributed by atoms with Crippen molar-refractivity contribution < 1.29 is 9.47 Å². The fourth-order valence-corrected chi connectivity index (χ4v) is 5.41. The second-order valence-corrected chi connectivity index (χ2v) is 8.47. The Morgan fingerprint density at radius 2 is 1.97 bits per heavy atom. The van der Waals surface area contributed by atoms with Crippen molar-refractivity contribution in [2.75, 3.05) is 26.8 Å². The Balaban J connectivity index is 1.49. The molecule has 0 bridgehead atoms. The van der Waals surface area contributed by atoms with Gasteiger partial charge in [0.1, 0.15) is 11.4 Å². The molecule has 3 heterocycles. The Morgan fingerprint density at radius 3 is 2.83 bits per heavy atom. The third-order valence-electron chi connectivity index (χ3n) is 6.97. The van der Waals surface area contributed by atoms with Crippen LogP contribution >= 0.6 is 0 Å². The van der Waals surface area contributed by atoms with Crippen molar-refractivity contribution in [3.8, 4) is 17.6 Å². The molecule has 3 nitrogen and oxygen atoms in total. The molecule has 1 saturated heterocycles. The molecule has 0 aliphatic carbocycles. The summed E-state index contributed by atoms with van der Waals surface area (Å²) in [6.07, 6.45) is 9.39. The van der Waals surface area contributed by atoms with E-state index in [-0.39, 0.29) is 5.60 Å². The summed E-state index contributed by atoms with van der Waals surface area (Å²) in [6.45, 7) is 5.09. The first-order valence-corrected chi connectivity index (χ1v) is 11.1. The van der Waals surface area contributed by atoms with E-state index in [1.807, 2.05) is 6.07 Å². The second-order valence-electron chi connectivity index (χ2n) is 8.47. The lowest BCUT2D eigenvalue weighted by molar-refractivity contribution is -0.0616. The van der Waals surface area contributed by atoms with Gasteiger partial charge in [0.15, 0.2) is 0 Å². The van der Waals surface area contributed by atoms with Gasteiger partial charge in [0.2, 0.25) is 0 Å². The van der Waals surface area contributed by atoms with Crippen molar-refractivity contribution in [2.24, 2.45) is 0 Å². The highest BCUT2D eigenvalue weighted by atomic mass is 16.5. The fraction of sp³-hybridized carbons (Fsp3) is 0.407. The molecule has 3 aliphatic heterocycles. The van der Waals surface area contributed by atoms with Gasteiger partial charge in [-0.1, -0.05) is 49.5 Å². The van der Waals surface area contributed by atoms with Crippen LogP contribution in [0.1, 0.15) is 38.2 Å². The lowest BCUT2D eigenvalue weighted by Crippen LogP contribution is -2.54. The van der Waals surface area contributed by atoms with Gasteiger partial charge < -0.3 is 9.47 Å². The van der Waals surface area contributed by atoms with Crippen LogP contribution < -0.4 is 4.74 Å². The summed E-state index contributed by atoms with van der Waals surface area (Å²) in [5.74, 6) is 7.83. The van der Waals surface area contributed by atoms with Crippen LogP contribution in [0.4, 0.5) is 0 Å². The molecule has 0 unspecified atom stereocenters. The molecule has 0 radical (unpaired) electrons. The molecule has 2 aromatic carbocycles. The number of piperidine rings is 1. The topological polar surface area (TPSA) is 21.7 Å². The number of benzene rings is 2. The maximum Gasteiger partial charge on any atom is 0.119 e. The maximum atomic E-state index is 6.45. The molecular weight excluding hydrogens is 370 g/mol. The molecule has 0 saturated carbocycles. The first kappa shape index (κ1) is 19.4. The number of hydrogen-bond acceptors (Lipinski definition) is 3. The summed E-state index contributed by atoms with van der Waals surface area (Å²) in [7, 11) is 1.70. The van der Waals surface area contributed by atoms with E-state index in [1.54, 1.807) is 7.11 Å². The van der Waals surface area contributed by atoms with Gasteiger partial charge in [0.25, 0.3) is 0 Å². The van der Waals surface area contributed by atoms with Crippen molar-refractivity contribution in [1.29, 1.82) is 0 Å². The third-order valence-corrected chi connectivity index (χ3v) is 6.97. The van der Waals surface area contributed by atoms with Crippen molar-refractivity contribution in [1.82, 2.24) is 4.90 Å². The zero-order valence-corrected chi connectivity index (χ0v) is 17.9. The summed E-state index contributed by atoms with van der Waals surface area (Å²) in [5.41, 5.74) is 3.31. The highest BCUT2D eigenvalue weighted by molar-refractivity contribution is 5.85. The molecule has 3 aliphatic rings. The Hall–Kier alpha value is -2.54. The molecule has 0 spiro atoms. The molecule has 154 valence electrons. The Morgan fingerprint density at radius 1 is 1.10 bits per heavy atom. The first-order valence-electron chi connectivity index (χ1n) is 11.1. The summed E-state index contributed by atoms with van der Waals surface area (Å²) >= 11 is 0. The number of hydrogen-bond donors (Lipinski definition) is 0. The van der Waals surface area contributed by atoms with Crippen LogP contribution in [0, 0.1) is 11.8 Å². The normalized spacial score (nSPS) is 26.0. The van der Waals surface area contributed by atoms with Crippen LogP contribution in [0.2, 0.25) is 0 Å². The predicted octanol–water partition coefficient (Wildman–Crippen LogP) is 5.10. The molecule has 0 amide bonds. The molecule has 5 rings (SSSR count). The number of fused-ring (bicyclic) bond motifs is 4. The predicted molar refractivity (Wildman–Crippen MR) is 122 cm³/mol. The Bertz CT molecular complexity index is 1090. The van der Waals surface area contributed by atoms with Crippen molar-refractivity contribution in [3.05, 3.63) is 65.3 Å².